The first-order valence-corrected chi connectivity index (χ1v) is 9.05. The first kappa shape index (κ1) is 16.0. The van der Waals surface area contributed by atoms with Gasteiger partial charge in [-0.05, 0) is 18.9 Å². The Bertz CT molecular complexity index is 1080. The maximum absolute atomic E-state index is 12.6. The molecule has 1 aliphatic carbocycles. The molecule has 0 radical (unpaired) electrons. The maximum atomic E-state index is 12.6. The van der Waals surface area contributed by atoms with Crippen LogP contribution < -0.4 is 0 Å². The number of hydrogen-bond donors (Lipinski definition) is 1. The van der Waals surface area contributed by atoms with E-state index < -0.39 is 5.54 Å². The van der Waals surface area contributed by atoms with E-state index in [1.54, 1.807) is 6.20 Å². The zero-order chi connectivity index (χ0) is 18.6. The van der Waals surface area contributed by atoms with E-state index in [2.05, 4.69) is 26.1 Å². The van der Waals surface area contributed by atoms with Gasteiger partial charge in [0.1, 0.15) is 17.5 Å². The van der Waals surface area contributed by atoms with E-state index in [-0.39, 0.29) is 11.3 Å². The fraction of sp³-hybridized carbons (Fsp3) is 0.421. The number of fused-ring (bicyclic) bond motifs is 1. The van der Waals surface area contributed by atoms with Crippen LogP contribution in [0.5, 0.6) is 0 Å². The number of likely N-dealkylation sites (tertiary alicyclic amines) is 1. The molecular weight excluding hydrogens is 342 g/mol. The van der Waals surface area contributed by atoms with Gasteiger partial charge in [-0.25, -0.2) is 9.97 Å². The standard InChI is InChI=1S/C19H19N7O/c1-18(3-4-18)17(27)25-10-19(11-25,5-6-20)26-9-13(8-24-26)15-14-2-7-21-16(14)23-12-22-15/h2,7-9,12H,3-5,10-11H2,1H3,(H,21,22,23). The minimum Gasteiger partial charge on any atom is -0.346 e. The predicted molar refractivity (Wildman–Crippen MR) is 97.2 cm³/mol. The summed E-state index contributed by atoms with van der Waals surface area (Å²) in [5.74, 6) is 0.202. The largest absolute Gasteiger partial charge is 0.346 e. The van der Waals surface area contributed by atoms with Gasteiger partial charge in [0.25, 0.3) is 0 Å². The molecule has 0 spiro atoms. The number of aromatic amines is 1. The molecule has 1 aliphatic heterocycles. The number of hydrogen-bond acceptors (Lipinski definition) is 5. The minimum atomic E-state index is -0.460. The molecule has 1 saturated heterocycles. The van der Waals surface area contributed by atoms with E-state index in [1.807, 2.05) is 35.0 Å². The Morgan fingerprint density at radius 1 is 1.37 bits per heavy atom. The second-order valence-corrected chi connectivity index (χ2v) is 7.92. The zero-order valence-electron chi connectivity index (χ0n) is 15.0. The SMILES string of the molecule is CC1(C(=O)N2CC(CC#N)(n3cc(-c4ncnc5[nH]ccc45)cn3)C2)CC1. The molecule has 3 aromatic rings. The average Bonchev–Trinajstić information content (AvgIpc) is 3.04. The van der Waals surface area contributed by atoms with Gasteiger partial charge in [0.15, 0.2) is 0 Å². The van der Waals surface area contributed by atoms with Gasteiger partial charge in [-0.3, -0.25) is 9.48 Å². The van der Waals surface area contributed by atoms with Gasteiger partial charge in [-0.15, -0.1) is 0 Å². The van der Waals surface area contributed by atoms with E-state index in [4.69, 9.17) is 0 Å². The van der Waals surface area contributed by atoms with Crippen molar-refractivity contribution in [1.82, 2.24) is 29.6 Å². The number of aromatic nitrogens is 5. The fourth-order valence-electron chi connectivity index (χ4n) is 3.88. The van der Waals surface area contributed by atoms with Gasteiger partial charge >= 0.3 is 0 Å². The molecule has 8 nitrogen and oxygen atoms in total. The Hall–Kier alpha value is -3.21. The van der Waals surface area contributed by atoms with Crippen molar-refractivity contribution in [2.24, 2.45) is 5.41 Å². The lowest BCUT2D eigenvalue weighted by Crippen LogP contribution is -2.65. The topological polar surface area (TPSA) is 103 Å². The van der Waals surface area contributed by atoms with Crippen LogP contribution in [0.4, 0.5) is 0 Å². The highest BCUT2D eigenvalue weighted by molar-refractivity contribution is 5.90. The van der Waals surface area contributed by atoms with Gasteiger partial charge in [0.2, 0.25) is 5.91 Å². The van der Waals surface area contributed by atoms with E-state index in [1.165, 1.54) is 6.33 Å². The number of nitriles is 1. The Labute approximate surface area is 155 Å². The molecule has 2 fully saturated rings. The summed E-state index contributed by atoms with van der Waals surface area (Å²) in [5, 5.41) is 14.8. The lowest BCUT2D eigenvalue weighted by Gasteiger charge is -2.49. The predicted octanol–water partition coefficient (Wildman–Crippen LogP) is 2.07. The summed E-state index contributed by atoms with van der Waals surface area (Å²) in [7, 11) is 0. The van der Waals surface area contributed by atoms with Gasteiger partial charge < -0.3 is 9.88 Å². The number of carbonyl (C=O) groups excluding carboxylic acids is 1. The van der Waals surface area contributed by atoms with Crippen LogP contribution in [0.1, 0.15) is 26.2 Å². The molecule has 8 heteroatoms. The Morgan fingerprint density at radius 3 is 2.93 bits per heavy atom. The van der Waals surface area contributed by atoms with Crippen molar-refractivity contribution in [3.05, 3.63) is 31.0 Å². The van der Waals surface area contributed by atoms with Crippen LogP contribution in [0, 0.1) is 16.7 Å². The third kappa shape index (κ3) is 2.35. The van der Waals surface area contributed by atoms with Crippen molar-refractivity contribution < 1.29 is 4.79 Å². The summed E-state index contributed by atoms with van der Waals surface area (Å²) < 4.78 is 1.84. The number of rotatable bonds is 4. The third-order valence-electron chi connectivity index (χ3n) is 5.88. The highest BCUT2D eigenvalue weighted by atomic mass is 16.2. The Balaban J connectivity index is 1.45. The van der Waals surface area contributed by atoms with E-state index in [0.717, 1.165) is 35.1 Å². The fourth-order valence-corrected chi connectivity index (χ4v) is 3.88. The van der Waals surface area contributed by atoms with Crippen molar-refractivity contribution in [2.75, 3.05) is 13.1 Å². The van der Waals surface area contributed by atoms with Crippen LogP contribution in [-0.4, -0.2) is 48.6 Å². The molecule has 0 bridgehead atoms. The van der Waals surface area contributed by atoms with Gasteiger partial charge in [-0.2, -0.15) is 10.4 Å². The second-order valence-electron chi connectivity index (χ2n) is 7.92. The highest BCUT2D eigenvalue weighted by Gasteiger charge is 2.54. The minimum absolute atomic E-state index is 0.186. The number of nitrogens with one attached hydrogen (secondary N) is 1. The van der Waals surface area contributed by atoms with E-state index >= 15 is 0 Å². The Kier molecular flexibility index (Phi) is 3.20. The molecule has 3 aromatic heterocycles. The molecule has 0 unspecified atom stereocenters. The molecule has 5 rings (SSSR count). The molecule has 1 amide bonds. The van der Waals surface area contributed by atoms with Crippen molar-refractivity contribution in [2.45, 2.75) is 31.7 Å². The van der Waals surface area contributed by atoms with Crippen molar-refractivity contribution in [3.63, 3.8) is 0 Å². The molecule has 1 saturated carbocycles. The monoisotopic (exact) mass is 361 g/mol. The van der Waals surface area contributed by atoms with Gasteiger partial charge in [-0.1, -0.05) is 6.92 Å². The summed E-state index contributed by atoms with van der Waals surface area (Å²) in [6.45, 7) is 3.07. The van der Waals surface area contributed by atoms with Crippen LogP contribution in [0.2, 0.25) is 0 Å². The van der Waals surface area contributed by atoms with E-state index in [0.29, 0.717) is 19.5 Å². The molecule has 0 aromatic carbocycles. The summed E-state index contributed by atoms with van der Waals surface area (Å²) in [4.78, 5) is 26.1. The first-order chi connectivity index (χ1) is 13.0. The lowest BCUT2D eigenvalue weighted by atomic mass is 9.85. The quantitative estimate of drug-likeness (QED) is 0.766. The number of nitrogens with zero attached hydrogens (tertiary/aromatic N) is 6. The summed E-state index contributed by atoms with van der Waals surface area (Å²) in [5.41, 5.74) is 1.81. The molecule has 0 atom stereocenters. The molecule has 4 heterocycles. The second kappa shape index (κ2) is 5.39. The average molecular weight is 361 g/mol. The first-order valence-electron chi connectivity index (χ1n) is 9.05. The summed E-state index contributed by atoms with van der Waals surface area (Å²) in [6, 6.07) is 4.21. The van der Waals surface area contributed by atoms with Crippen molar-refractivity contribution in [1.29, 1.82) is 5.26 Å². The van der Waals surface area contributed by atoms with Gasteiger partial charge in [0, 0.05) is 41.8 Å². The van der Waals surface area contributed by atoms with Crippen LogP contribution in [-0.2, 0) is 10.3 Å². The van der Waals surface area contributed by atoms with E-state index in [9.17, 15) is 10.1 Å². The van der Waals surface area contributed by atoms with Crippen LogP contribution in [0.3, 0.4) is 0 Å². The summed E-state index contributed by atoms with van der Waals surface area (Å²) in [6.07, 6.45) is 9.28. The number of carbonyl (C=O) groups is 1. The number of amides is 1. The molecule has 27 heavy (non-hydrogen) atoms. The highest BCUT2D eigenvalue weighted by Crippen LogP contribution is 2.48. The molecular formula is C19H19N7O. The van der Waals surface area contributed by atoms with Crippen LogP contribution in [0.25, 0.3) is 22.3 Å². The Morgan fingerprint density at radius 2 is 2.19 bits per heavy atom. The van der Waals surface area contributed by atoms with Gasteiger partial charge in [0.05, 0.1) is 24.4 Å². The normalized spacial score (nSPS) is 19.5. The lowest BCUT2D eigenvalue weighted by molar-refractivity contribution is -0.148. The third-order valence-corrected chi connectivity index (χ3v) is 5.88. The van der Waals surface area contributed by atoms with Crippen molar-refractivity contribution >= 4 is 16.9 Å². The zero-order valence-corrected chi connectivity index (χ0v) is 15.0. The molecule has 1 N–H and O–H groups in total. The number of H-pyrrole nitrogens is 1. The smallest absolute Gasteiger partial charge is 0.228 e. The van der Waals surface area contributed by atoms with Crippen molar-refractivity contribution in [3.8, 4) is 17.3 Å². The van der Waals surface area contributed by atoms with Crippen LogP contribution in [0.15, 0.2) is 31.0 Å². The van der Waals surface area contributed by atoms with Crippen LogP contribution >= 0.6 is 0 Å². The molecule has 136 valence electrons. The molecule has 2 aliphatic rings. The maximum Gasteiger partial charge on any atom is 0.228 e. The summed E-state index contributed by atoms with van der Waals surface area (Å²) >= 11 is 0.